The molecule has 156 valence electrons. The topological polar surface area (TPSA) is 75.5 Å². The largest absolute Gasteiger partial charge is 0.349 e. The third kappa shape index (κ3) is 4.80. The molecule has 0 aliphatic rings. The highest BCUT2D eigenvalue weighted by Gasteiger charge is 2.14. The molecule has 2 aromatic heterocycles. The van der Waals surface area contributed by atoms with Crippen LogP contribution < -0.4 is 10.6 Å². The molecule has 1 unspecified atom stereocenters. The Morgan fingerprint density at radius 3 is 2.61 bits per heavy atom. The van der Waals surface area contributed by atoms with Gasteiger partial charge >= 0.3 is 0 Å². The molecule has 0 bridgehead atoms. The fourth-order valence-electron chi connectivity index (χ4n) is 3.51. The summed E-state index contributed by atoms with van der Waals surface area (Å²) in [5, 5.41) is 5.92. The van der Waals surface area contributed by atoms with Gasteiger partial charge in [0.25, 0.3) is 5.91 Å². The van der Waals surface area contributed by atoms with Crippen molar-refractivity contribution in [1.82, 2.24) is 14.7 Å². The van der Waals surface area contributed by atoms with Gasteiger partial charge in [-0.25, -0.2) is 4.98 Å². The lowest BCUT2D eigenvalue weighted by Crippen LogP contribution is -2.28. The number of pyridine rings is 1. The normalized spacial score (nSPS) is 11.8. The zero-order valence-corrected chi connectivity index (χ0v) is 17.5. The van der Waals surface area contributed by atoms with Gasteiger partial charge in [0.05, 0.1) is 18.2 Å². The Morgan fingerprint density at radius 1 is 1.03 bits per heavy atom. The third-order valence-corrected chi connectivity index (χ3v) is 5.13. The van der Waals surface area contributed by atoms with Crippen LogP contribution in [-0.4, -0.2) is 21.2 Å². The summed E-state index contributed by atoms with van der Waals surface area (Å²) in [5.41, 5.74) is 4.84. The summed E-state index contributed by atoms with van der Waals surface area (Å²) in [6, 6.07) is 20.3. The smallest absolute Gasteiger partial charge is 0.255 e. The molecule has 4 rings (SSSR count). The molecule has 0 saturated carbocycles. The zero-order chi connectivity index (χ0) is 21.8. The van der Waals surface area contributed by atoms with Gasteiger partial charge < -0.3 is 15.0 Å². The summed E-state index contributed by atoms with van der Waals surface area (Å²) in [5.74, 6) is -0.274. The average molecular weight is 412 g/mol. The van der Waals surface area contributed by atoms with Gasteiger partial charge in [-0.15, -0.1) is 0 Å². The summed E-state index contributed by atoms with van der Waals surface area (Å²) in [7, 11) is 0. The number of carbonyl (C=O) groups excluding carboxylic acids is 2. The number of hydrogen-bond donors (Lipinski definition) is 2. The molecule has 2 amide bonds. The van der Waals surface area contributed by atoms with E-state index in [4.69, 9.17) is 0 Å². The molecule has 4 aromatic rings. The van der Waals surface area contributed by atoms with Crippen LogP contribution in [0.25, 0.3) is 5.65 Å². The van der Waals surface area contributed by atoms with E-state index in [0.717, 1.165) is 22.5 Å². The number of hydrogen-bond acceptors (Lipinski definition) is 3. The fourth-order valence-corrected chi connectivity index (χ4v) is 3.51. The molecule has 6 nitrogen and oxygen atoms in total. The molecule has 1 atom stereocenters. The predicted molar refractivity (Wildman–Crippen MR) is 121 cm³/mol. The highest BCUT2D eigenvalue weighted by molar-refractivity contribution is 6.04. The Kier molecular flexibility index (Phi) is 5.80. The number of amides is 2. The number of nitrogens with one attached hydrogen (secondary N) is 2. The zero-order valence-electron chi connectivity index (χ0n) is 17.5. The first-order valence-corrected chi connectivity index (χ1v) is 10.2. The molecule has 6 heteroatoms. The van der Waals surface area contributed by atoms with Gasteiger partial charge in [0.1, 0.15) is 5.65 Å². The van der Waals surface area contributed by atoms with Crippen molar-refractivity contribution < 1.29 is 9.59 Å². The molecule has 2 N–H and O–H groups in total. The Morgan fingerprint density at radius 2 is 1.84 bits per heavy atom. The highest BCUT2D eigenvalue weighted by Crippen LogP contribution is 2.19. The maximum atomic E-state index is 12.6. The van der Waals surface area contributed by atoms with Crippen LogP contribution in [0.1, 0.15) is 40.1 Å². The van der Waals surface area contributed by atoms with Crippen LogP contribution in [0.2, 0.25) is 0 Å². The standard InChI is InChI=1S/C25H24N4O2/c1-17-8-7-13-29-16-22(27-24(17)29)15-23(30)26-18(2)20-11-6-12-21(14-20)28-25(31)19-9-4-3-5-10-19/h3-14,16,18H,15H2,1-2H3,(H,26,30)(H,28,31). The van der Waals surface area contributed by atoms with Gasteiger partial charge in [0.2, 0.25) is 5.91 Å². The van der Waals surface area contributed by atoms with Crippen LogP contribution in [0, 0.1) is 6.92 Å². The van der Waals surface area contributed by atoms with E-state index in [0.29, 0.717) is 11.3 Å². The molecular formula is C25H24N4O2. The lowest BCUT2D eigenvalue weighted by atomic mass is 10.1. The number of aryl methyl sites for hydroxylation is 1. The second-order valence-corrected chi connectivity index (χ2v) is 7.57. The van der Waals surface area contributed by atoms with Gasteiger partial charge in [-0.1, -0.05) is 36.4 Å². The van der Waals surface area contributed by atoms with Crippen LogP contribution in [0.4, 0.5) is 5.69 Å². The molecule has 0 aliphatic heterocycles. The average Bonchev–Trinajstić information content (AvgIpc) is 3.18. The van der Waals surface area contributed by atoms with Gasteiger partial charge in [0.15, 0.2) is 0 Å². The number of benzene rings is 2. The number of fused-ring (bicyclic) bond motifs is 1. The highest BCUT2D eigenvalue weighted by atomic mass is 16.2. The first kappa shape index (κ1) is 20.3. The van der Waals surface area contributed by atoms with Gasteiger partial charge in [0, 0.05) is 23.6 Å². The second kappa shape index (κ2) is 8.83. The van der Waals surface area contributed by atoms with Crippen molar-refractivity contribution in [2.24, 2.45) is 0 Å². The van der Waals surface area contributed by atoms with Crippen molar-refractivity contribution in [1.29, 1.82) is 0 Å². The van der Waals surface area contributed by atoms with Gasteiger partial charge in [-0.3, -0.25) is 9.59 Å². The van der Waals surface area contributed by atoms with Crippen molar-refractivity contribution in [2.45, 2.75) is 26.3 Å². The van der Waals surface area contributed by atoms with E-state index < -0.39 is 0 Å². The lowest BCUT2D eigenvalue weighted by molar-refractivity contribution is -0.121. The van der Waals surface area contributed by atoms with Crippen LogP contribution in [0.5, 0.6) is 0 Å². The fraction of sp³-hybridized carbons (Fsp3) is 0.160. The SMILES string of the molecule is Cc1cccn2cc(CC(=O)NC(C)c3cccc(NC(=O)c4ccccc4)c3)nc12. The molecule has 0 fully saturated rings. The number of imidazole rings is 1. The number of carbonyl (C=O) groups is 2. The first-order chi connectivity index (χ1) is 15.0. The van der Waals surface area contributed by atoms with Crippen LogP contribution in [0.3, 0.4) is 0 Å². The van der Waals surface area contributed by atoms with E-state index in [-0.39, 0.29) is 24.3 Å². The predicted octanol–water partition coefficient (Wildman–Crippen LogP) is 4.31. The first-order valence-electron chi connectivity index (χ1n) is 10.2. The minimum Gasteiger partial charge on any atom is -0.349 e. The van der Waals surface area contributed by atoms with E-state index in [9.17, 15) is 9.59 Å². The van der Waals surface area contributed by atoms with Gasteiger partial charge in [-0.05, 0) is 55.3 Å². The molecular weight excluding hydrogens is 388 g/mol. The minimum absolute atomic E-state index is 0.104. The molecule has 2 heterocycles. The molecule has 2 aromatic carbocycles. The summed E-state index contributed by atoms with van der Waals surface area (Å²) in [6.45, 7) is 3.92. The van der Waals surface area contributed by atoms with Crippen LogP contribution in [0.15, 0.2) is 79.1 Å². The van der Waals surface area contributed by atoms with Crippen molar-refractivity contribution in [3.63, 3.8) is 0 Å². The van der Waals surface area contributed by atoms with E-state index in [1.165, 1.54) is 0 Å². The molecule has 0 spiro atoms. The van der Waals surface area contributed by atoms with Crippen molar-refractivity contribution in [3.05, 3.63) is 102 Å². The number of rotatable bonds is 6. The molecule has 0 radical (unpaired) electrons. The second-order valence-electron chi connectivity index (χ2n) is 7.57. The summed E-state index contributed by atoms with van der Waals surface area (Å²) >= 11 is 0. The number of nitrogens with zero attached hydrogens (tertiary/aromatic N) is 2. The molecule has 0 aliphatic carbocycles. The van der Waals surface area contributed by atoms with Crippen LogP contribution >= 0.6 is 0 Å². The maximum Gasteiger partial charge on any atom is 0.255 e. The maximum absolute atomic E-state index is 12.6. The quantitative estimate of drug-likeness (QED) is 0.495. The van der Waals surface area contributed by atoms with Crippen molar-refractivity contribution in [2.75, 3.05) is 5.32 Å². The Labute approximate surface area is 180 Å². The summed E-state index contributed by atoms with van der Waals surface area (Å²) in [6.07, 6.45) is 4.01. The Bertz CT molecular complexity index is 1230. The Hall–Kier alpha value is -3.93. The minimum atomic E-state index is -0.208. The van der Waals surface area contributed by atoms with E-state index in [1.54, 1.807) is 12.1 Å². The third-order valence-electron chi connectivity index (χ3n) is 5.13. The lowest BCUT2D eigenvalue weighted by Gasteiger charge is -2.15. The van der Waals surface area contributed by atoms with Crippen molar-refractivity contribution in [3.8, 4) is 0 Å². The van der Waals surface area contributed by atoms with Gasteiger partial charge in [-0.2, -0.15) is 0 Å². The molecule has 0 saturated heterocycles. The molecule has 31 heavy (non-hydrogen) atoms. The van der Waals surface area contributed by atoms with Crippen molar-refractivity contribution >= 4 is 23.1 Å². The number of aromatic nitrogens is 2. The number of anilines is 1. The Balaban J connectivity index is 1.40. The van der Waals surface area contributed by atoms with E-state index >= 15 is 0 Å². The monoisotopic (exact) mass is 412 g/mol. The van der Waals surface area contributed by atoms with E-state index in [1.807, 2.05) is 85.2 Å². The summed E-state index contributed by atoms with van der Waals surface area (Å²) in [4.78, 5) is 29.5. The van der Waals surface area contributed by atoms with E-state index in [2.05, 4.69) is 15.6 Å². The summed E-state index contributed by atoms with van der Waals surface area (Å²) < 4.78 is 1.93. The van der Waals surface area contributed by atoms with Crippen LogP contribution in [-0.2, 0) is 11.2 Å².